The van der Waals surface area contributed by atoms with E-state index in [1.54, 1.807) is 7.11 Å². The highest BCUT2D eigenvalue weighted by atomic mass is 16.5. The van der Waals surface area contributed by atoms with E-state index in [9.17, 15) is 9.59 Å². The van der Waals surface area contributed by atoms with Crippen molar-refractivity contribution in [2.45, 2.75) is 46.2 Å². The molecule has 7 heteroatoms. The Morgan fingerprint density at radius 1 is 0.950 bits per heavy atom. The molecule has 0 spiro atoms. The minimum absolute atomic E-state index is 0.115. The van der Waals surface area contributed by atoms with Gasteiger partial charge in [0.05, 0.1) is 18.0 Å². The molecule has 0 unspecified atom stereocenters. The SMILES string of the molecule is COc1cccc(-c2nc3ccc(-c4cccc(CN5CCCCC5)c4)cc3c(=O)n2CC(=O)NCC(C)C)c1. The Labute approximate surface area is 235 Å². The molecule has 0 radical (unpaired) electrons. The van der Waals surface area contributed by atoms with Crippen LogP contribution in [0.5, 0.6) is 5.75 Å². The van der Waals surface area contributed by atoms with Gasteiger partial charge in [0, 0.05) is 18.7 Å². The van der Waals surface area contributed by atoms with E-state index in [-0.39, 0.29) is 18.0 Å². The first kappa shape index (κ1) is 27.6. The monoisotopic (exact) mass is 538 g/mol. The van der Waals surface area contributed by atoms with Crippen molar-refractivity contribution in [3.63, 3.8) is 0 Å². The summed E-state index contributed by atoms with van der Waals surface area (Å²) in [6.07, 6.45) is 3.84. The summed E-state index contributed by atoms with van der Waals surface area (Å²) in [5.74, 6) is 1.18. The maximum atomic E-state index is 14.0. The van der Waals surface area contributed by atoms with Gasteiger partial charge >= 0.3 is 0 Å². The van der Waals surface area contributed by atoms with Gasteiger partial charge in [-0.15, -0.1) is 0 Å². The molecule has 1 amide bonds. The molecule has 1 aliphatic heterocycles. The van der Waals surface area contributed by atoms with Crippen LogP contribution in [0.2, 0.25) is 0 Å². The molecule has 1 fully saturated rings. The lowest BCUT2D eigenvalue weighted by atomic mass is 10.0. The molecule has 1 saturated heterocycles. The zero-order chi connectivity index (χ0) is 28.1. The minimum Gasteiger partial charge on any atom is -0.497 e. The number of piperidine rings is 1. The number of amides is 1. The summed E-state index contributed by atoms with van der Waals surface area (Å²) >= 11 is 0. The molecule has 0 bridgehead atoms. The third-order valence-electron chi connectivity index (χ3n) is 7.41. The van der Waals surface area contributed by atoms with E-state index in [1.165, 1.54) is 29.4 Å². The van der Waals surface area contributed by atoms with Crippen LogP contribution in [0, 0.1) is 5.92 Å². The summed E-state index contributed by atoms with van der Waals surface area (Å²) in [5.41, 5.74) is 4.35. The number of likely N-dealkylation sites (tertiary alicyclic amines) is 1. The molecule has 2 heterocycles. The van der Waals surface area contributed by atoms with E-state index in [4.69, 9.17) is 9.72 Å². The lowest BCUT2D eigenvalue weighted by Crippen LogP contribution is -2.35. The fourth-order valence-corrected chi connectivity index (χ4v) is 5.27. The van der Waals surface area contributed by atoms with Crippen LogP contribution in [0.3, 0.4) is 0 Å². The van der Waals surface area contributed by atoms with Gasteiger partial charge in [0.2, 0.25) is 5.91 Å². The van der Waals surface area contributed by atoms with Crippen LogP contribution in [0.15, 0.2) is 71.5 Å². The van der Waals surface area contributed by atoms with Gasteiger partial charge in [-0.3, -0.25) is 19.1 Å². The quantitative estimate of drug-likeness (QED) is 0.305. The van der Waals surface area contributed by atoms with Crippen molar-refractivity contribution in [1.82, 2.24) is 19.8 Å². The zero-order valence-electron chi connectivity index (χ0n) is 23.7. The standard InChI is InChI=1S/C33H38N4O3/c1-23(2)20-34-31(38)22-37-32(27-11-8-12-28(18-27)40-3)35-30-14-13-26(19-29(30)33(37)39)25-10-7-9-24(17-25)21-36-15-5-4-6-16-36/h7-14,17-19,23H,4-6,15-16,20-22H2,1-3H3,(H,34,38). The number of hydrogen-bond acceptors (Lipinski definition) is 5. The number of hydrogen-bond donors (Lipinski definition) is 1. The smallest absolute Gasteiger partial charge is 0.262 e. The average molecular weight is 539 g/mol. The Kier molecular flexibility index (Phi) is 8.60. The summed E-state index contributed by atoms with van der Waals surface area (Å²) in [6.45, 7) is 7.73. The lowest BCUT2D eigenvalue weighted by molar-refractivity contribution is -0.121. The molecule has 40 heavy (non-hydrogen) atoms. The van der Waals surface area contributed by atoms with Gasteiger partial charge in [0.1, 0.15) is 18.1 Å². The maximum Gasteiger partial charge on any atom is 0.262 e. The number of fused-ring (bicyclic) bond motifs is 1. The van der Waals surface area contributed by atoms with Crippen LogP contribution in [0.1, 0.15) is 38.7 Å². The highest BCUT2D eigenvalue weighted by Gasteiger charge is 2.17. The number of carbonyl (C=O) groups excluding carboxylic acids is 1. The number of methoxy groups -OCH3 is 1. The molecule has 0 saturated carbocycles. The fourth-order valence-electron chi connectivity index (χ4n) is 5.27. The molecule has 7 nitrogen and oxygen atoms in total. The first-order chi connectivity index (χ1) is 19.4. The van der Waals surface area contributed by atoms with E-state index in [1.807, 2.05) is 56.3 Å². The Morgan fingerprint density at radius 2 is 1.70 bits per heavy atom. The van der Waals surface area contributed by atoms with Crippen molar-refractivity contribution in [3.05, 3.63) is 82.6 Å². The summed E-state index contributed by atoms with van der Waals surface area (Å²) in [4.78, 5) is 34.2. The fraction of sp³-hybridized carbons (Fsp3) is 0.364. The van der Waals surface area contributed by atoms with E-state index in [0.29, 0.717) is 40.5 Å². The predicted molar refractivity (Wildman–Crippen MR) is 160 cm³/mol. The maximum absolute atomic E-state index is 14.0. The molecular formula is C33H38N4O3. The number of nitrogens with one attached hydrogen (secondary N) is 1. The largest absolute Gasteiger partial charge is 0.497 e. The number of aromatic nitrogens is 2. The second-order valence-corrected chi connectivity index (χ2v) is 11.0. The number of carbonyl (C=O) groups is 1. The number of ether oxygens (including phenoxy) is 1. The molecule has 4 aromatic rings. The van der Waals surface area contributed by atoms with E-state index in [0.717, 1.165) is 30.8 Å². The van der Waals surface area contributed by atoms with Gasteiger partial charge in [0.15, 0.2) is 0 Å². The highest BCUT2D eigenvalue weighted by Crippen LogP contribution is 2.27. The molecule has 1 N–H and O–H groups in total. The van der Waals surface area contributed by atoms with Crippen molar-refractivity contribution in [1.29, 1.82) is 0 Å². The Balaban J connectivity index is 1.54. The van der Waals surface area contributed by atoms with E-state index >= 15 is 0 Å². The summed E-state index contributed by atoms with van der Waals surface area (Å²) in [7, 11) is 1.60. The third kappa shape index (κ3) is 6.42. The van der Waals surface area contributed by atoms with Crippen LogP contribution in [-0.4, -0.2) is 47.1 Å². The Bertz CT molecular complexity index is 1550. The summed E-state index contributed by atoms with van der Waals surface area (Å²) < 4.78 is 6.88. The number of rotatable bonds is 9. The molecule has 0 aliphatic carbocycles. The van der Waals surface area contributed by atoms with Gasteiger partial charge in [-0.2, -0.15) is 0 Å². The zero-order valence-corrected chi connectivity index (χ0v) is 23.7. The lowest BCUT2D eigenvalue weighted by Gasteiger charge is -2.26. The summed E-state index contributed by atoms with van der Waals surface area (Å²) in [6, 6.07) is 21.8. The second kappa shape index (κ2) is 12.5. The van der Waals surface area contributed by atoms with Crippen molar-refractivity contribution in [2.75, 3.05) is 26.7 Å². The molecule has 1 aliphatic rings. The highest BCUT2D eigenvalue weighted by molar-refractivity contribution is 5.86. The van der Waals surface area contributed by atoms with Gasteiger partial charge < -0.3 is 10.1 Å². The molecule has 5 rings (SSSR count). The Hall–Kier alpha value is -3.97. The normalized spacial score (nSPS) is 14.0. The second-order valence-electron chi connectivity index (χ2n) is 11.0. The molecule has 0 atom stereocenters. The van der Waals surface area contributed by atoms with Crippen molar-refractivity contribution >= 4 is 16.8 Å². The predicted octanol–water partition coefficient (Wildman–Crippen LogP) is 5.50. The van der Waals surface area contributed by atoms with E-state index in [2.05, 4.69) is 34.5 Å². The number of nitrogens with zero attached hydrogens (tertiary/aromatic N) is 3. The molecular weight excluding hydrogens is 500 g/mol. The van der Waals surface area contributed by atoms with Gasteiger partial charge in [-0.25, -0.2) is 4.98 Å². The Morgan fingerprint density at radius 3 is 2.48 bits per heavy atom. The van der Waals surface area contributed by atoms with Crippen molar-refractivity contribution in [2.24, 2.45) is 5.92 Å². The van der Waals surface area contributed by atoms with Gasteiger partial charge in [0.25, 0.3) is 5.56 Å². The number of benzene rings is 3. The molecule has 1 aromatic heterocycles. The van der Waals surface area contributed by atoms with Gasteiger partial charge in [-0.1, -0.05) is 56.7 Å². The third-order valence-corrected chi connectivity index (χ3v) is 7.41. The van der Waals surface area contributed by atoms with Crippen LogP contribution >= 0.6 is 0 Å². The van der Waals surface area contributed by atoms with Crippen LogP contribution in [0.4, 0.5) is 0 Å². The van der Waals surface area contributed by atoms with E-state index < -0.39 is 0 Å². The molecule has 208 valence electrons. The van der Waals surface area contributed by atoms with Crippen LogP contribution in [0.25, 0.3) is 33.4 Å². The first-order valence-electron chi connectivity index (χ1n) is 14.2. The first-order valence-corrected chi connectivity index (χ1v) is 14.2. The molecule has 3 aromatic carbocycles. The van der Waals surface area contributed by atoms with Crippen LogP contribution < -0.4 is 15.6 Å². The summed E-state index contributed by atoms with van der Waals surface area (Å²) in [5, 5.41) is 3.42. The van der Waals surface area contributed by atoms with Crippen molar-refractivity contribution < 1.29 is 9.53 Å². The van der Waals surface area contributed by atoms with Crippen LogP contribution in [-0.2, 0) is 17.9 Å². The van der Waals surface area contributed by atoms with Gasteiger partial charge in [-0.05, 0) is 78.9 Å². The minimum atomic E-state index is -0.242. The average Bonchev–Trinajstić information content (AvgIpc) is 2.98. The van der Waals surface area contributed by atoms with Crippen molar-refractivity contribution in [3.8, 4) is 28.3 Å². The topological polar surface area (TPSA) is 76.5 Å².